The minimum atomic E-state index is -3.28. The Hall–Kier alpha value is -2.38. The van der Waals surface area contributed by atoms with Crippen LogP contribution in [0.3, 0.4) is 0 Å². The molecule has 0 amide bonds. The molecule has 0 aromatic heterocycles. The molecule has 7 heteroatoms. The summed E-state index contributed by atoms with van der Waals surface area (Å²) in [5.74, 6) is 1.69. The Morgan fingerprint density at radius 3 is 2.04 bits per heavy atom. The van der Waals surface area contributed by atoms with Gasteiger partial charge in [-0.15, -0.1) is 0 Å². The average molecular weight is 374 g/mol. The summed E-state index contributed by atoms with van der Waals surface area (Å²) in [7, 11) is -3.28. The van der Waals surface area contributed by atoms with E-state index in [-0.39, 0.29) is 0 Å². The number of hydrogen-bond donors (Lipinski definition) is 1. The molecule has 1 aliphatic rings. The third-order valence-electron chi connectivity index (χ3n) is 4.14. The first kappa shape index (κ1) is 18.4. The van der Waals surface area contributed by atoms with E-state index in [2.05, 4.69) is 9.62 Å². The number of ketones is 1. The topological polar surface area (TPSA) is 75.7 Å². The van der Waals surface area contributed by atoms with Crippen LogP contribution in [0, 0.1) is 0 Å². The minimum absolute atomic E-state index is 0.350. The lowest BCUT2D eigenvalue weighted by Gasteiger charge is -2.25. The van der Waals surface area contributed by atoms with E-state index in [1.807, 2.05) is 24.3 Å². The lowest BCUT2D eigenvalue weighted by Crippen LogP contribution is -2.33. The number of benzene rings is 2. The zero-order valence-corrected chi connectivity index (χ0v) is 15.5. The molecule has 138 valence electrons. The predicted molar refractivity (Wildman–Crippen MR) is 101 cm³/mol. The second-order valence-corrected chi connectivity index (χ2v) is 8.21. The molecule has 3 rings (SSSR count). The molecular weight excluding hydrogens is 352 g/mol. The standard InChI is InChI=1S/C19H22N2O4S/c1-26(23,24)20-16-4-8-19(9-5-16)25-18-6-2-15(3-7-18)14-21-12-10-17(22)11-13-21/h2-9,20H,10-14H2,1H3. The Labute approximate surface area is 153 Å². The molecule has 2 aromatic rings. The van der Waals surface area contributed by atoms with Gasteiger partial charge in [-0.25, -0.2) is 8.42 Å². The van der Waals surface area contributed by atoms with Gasteiger partial charge >= 0.3 is 0 Å². The lowest BCUT2D eigenvalue weighted by molar-refractivity contribution is -0.121. The van der Waals surface area contributed by atoms with E-state index in [0.29, 0.717) is 35.8 Å². The van der Waals surface area contributed by atoms with Gasteiger partial charge in [0.1, 0.15) is 17.3 Å². The van der Waals surface area contributed by atoms with Gasteiger partial charge in [-0.2, -0.15) is 0 Å². The number of piperidine rings is 1. The first-order valence-corrected chi connectivity index (χ1v) is 10.4. The molecule has 0 bridgehead atoms. The number of ether oxygens (including phenoxy) is 1. The number of nitrogens with one attached hydrogen (secondary N) is 1. The number of sulfonamides is 1. The third kappa shape index (κ3) is 5.57. The summed E-state index contributed by atoms with van der Waals surface area (Å²) in [6.45, 7) is 2.48. The normalized spacial score (nSPS) is 15.7. The molecule has 0 saturated carbocycles. The molecule has 1 heterocycles. The highest BCUT2D eigenvalue weighted by Gasteiger charge is 2.15. The Morgan fingerprint density at radius 2 is 1.50 bits per heavy atom. The summed E-state index contributed by atoms with van der Waals surface area (Å²) in [5, 5.41) is 0. The van der Waals surface area contributed by atoms with Crippen molar-refractivity contribution in [3.05, 3.63) is 54.1 Å². The maximum absolute atomic E-state index is 11.3. The zero-order chi connectivity index (χ0) is 18.6. The monoisotopic (exact) mass is 374 g/mol. The van der Waals surface area contributed by atoms with Crippen molar-refractivity contribution in [3.8, 4) is 11.5 Å². The fourth-order valence-corrected chi connectivity index (χ4v) is 3.39. The second kappa shape index (κ2) is 7.88. The summed E-state index contributed by atoms with van der Waals surface area (Å²) >= 11 is 0. The number of hydrogen-bond acceptors (Lipinski definition) is 5. The fraction of sp³-hybridized carbons (Fsp3) is 0.316. The van der Waals surface area contributed by atoms with Crippen LogP contribution in [0.25, 0.3) is 0 Å². The molecule has 2 aromatic carbocycles. The van der Waals surface area contributed by atoms with Crippen molar-refractivity contribution in [3.63, 3.8) is 0 Å². The third-order valence-corrected chi connectivity index (χ3v) is 4.74. The van der Waals surface area contributed by atoms with Gasteiger partial charge in [0.2, 0.25) is 10.0 Å². The maximum atomic E-state index is 11.3. The van der Waals surface area contributed by atoms with E-state index >= 15 is 0 Å². The van der Waals surface area contributed by atoms with Crippen LogP contribution in [0.2, 0.25) is 0 Å². The molecular formula is C19H22N2O4S. The van der Waals surface area contributed by atoms with E-state index in [9.17, 15) is 13.2 Å². The number of carbonyl (C=O) groups excluding carboxylic acids is 1. The van der Waals surface area contributed by atoms with Crippen LogP contribution in [0.4, 0.5) is 5.69 Å². The van der Waals surface area contributed by atoms with Gasteiger partial charge in [0.25, 0.3) is 0 Å². The van der Waals surface area contributed by atoms with Crippen molar-refractivity contribution >= 4 is 21.5 Å². The molecule has 0 radical (unpaired) electrons. The predicted octanol–water partition coefficient (Wildman–Crippen LogP) is 3.02. The van der Waals surface area contributed by atoms with Gasteiger partial charge in [0.05, 0.1) is 6.26 Å². The first-order valence-electron chi connectivity index (χ1n) is 8.46. The second-order valence-electron chi connectivity index (χ2n) is 6.46. The molecule has 6 nitrogen and oxygen atoms in total. The summed E-state index contributed by atoms with van der Waals surface area (Å²) < 4.78 is 30.6. The van der Waals surface area contributed by atoms with E-state index in [0.717, 1.165) is 25.9 Å². The molecule has 0 aliphatic carbocycles. The number of likely N-dealkylation sites (tertiary alicyclic amines) is 1. The van der Waals surface area contributed by atoms with Gasteiger partial charge in [-0.3, -0.25) is 14.4 Å². The summed E-state index contributed by atoms with van der Waals surface area (Å²) in [5.41, 5.74) is 1.68. The van der Waals surface area contributed by atoms with Crippen LogP contribution in [0.5, 0.6) is 11.5 Å². The molecule has 1 aliphatic heterocycles. The van der Waals surface area contributed by atoms with Crippen LogP contribution >= 0.6 is 0 Å². The van der Waals surface area contributed by atoms with E-state index in [1.54, 1.807) is 24.3 Å². The van der Waals surface area contributed by atoms with Crippen molar-refractivity contribution in [2.24, 2.45) is 0 Å². The largest absolute Gasteiger partial charge is 0.457 e. The highest BCUT2D eigenvalue weighted by atomic mass is 32.2. The van der Waals surface area contributed by atoms with Crippen molar-refractivity contribution in [1.29, 1.82) is 0 Å². The Morgan fingerprint density at radius 1 is 0.962 bits per heavy atom. The lowest BCUT2D eigenvalue weighted by atomic mass is 10.1. The van der Waals surface area contributed by atoms with Gasteiger partial charge in [-0.05, 0) is 42.0 Å². The van der Waals surface area contributed by atoms with Crippen molar-refractivity contribution in [1.82, 2.24) is 4.90 Å². The van der Waals surface area contributed by atoms with Crippen LogP contribution in [0.15, 0.2) is 48.5 Å². The van der Waals surface area contributed by atoms with E-state index in [1.165, 1.54) is 5.56 Å². The summed E-state index contributed by atoms with van der Waals surface area (Å²) in [6.07, 6.45) is 2.40. The Bertz CT molecular complexity index is 851. The summed E-state index contributed by atoms with van der Waals surface area (Å²) in [4.78, 5) is 13.6. The highest BCUT2D eigenvalue weighted by molar-refractivity contribution is 7.92. The van der Waals surface area contributed by atoms with E-state index < -0.39 is 10.0 Å². The van der Waals surface area contributed by atoms with Crippen molar-refractivity contribution in [2.45, 2.75) is 19.4 Å². The number of Topliss-reactive ketones (excluding diaryl/α,β-unsaturated/α-hetero) is 1. The molecule has 1 saturated heterocycles. The molecule has 1 N–H and O–H groups in total. The number of nitrogens with zero attached hydrogens (tertiary/aromatic N) is 1. The van der Waals surface area contributed by atoms with Gasteiger partial charge in [-0.1, -0.05) is 12.1 Å². The van der Waals surface area contributed by atoms with Crippen molar-refractivity contribution in [2.75, 3.05) is 24.1 Å². The van der Waals surface area contributed by atoms with Gasteiger partial charge in [0.15, 0.2) is 0 Å². The molecule has 0 spiro atoms. The van der Waals surface area contributed by atoms with E-state index in [4.69, 9.17) is 4.74 Å². The van der Waals surface area contributed by atoms with Gasteiger partial charge in [0, 0.05) is 38.2 Å². The Kier molecular flexibility index (Phi) is 5.58. The quantitative estimate of drug-likeness (QED) is 0.841. The van der Waals surface area contributed by atoms with Crippen LogP contribution < -0.4 is 9.46 Å². The number of rotatable bonds is 6. The van der Waals surface area contributed by atoms with Gasteiger partial charge < -0.3 is 4.74 Å². The molecule has 0 atom stereocenters. The number of carbonyl (C=O) groups is 1. The molecule has 26 heavy (non-hydrogen) atoms. The molecule has 1 fully saturated rings. The highest BCUT2D eigenvalue weighted by Crippen LogP contribution is 2.24. The van der Waals surface area contributed by atoms with Crippen LogP contribution in [-0.4, -0.2) is 38.4 Å². The molecule has 0 unspecified atom stereocenters. The summed E-state index contributed by atoms with van der Waals surface area (Å²) in [6, 6.07) is 14.6. The Balaban J connectivity index is 1.56. The van der Waals surface area contributed by atoms with Crippen LogP contribution in [-0.2, 0) is 21.4 Å². The van der Waals surface area contributed by atoms with Crippen LogP contribution in [0.1, 0.15) is 18.4 Å². The zero-order valence-electron chi connectivity index (χ0n) is 14.6. The average Bonchev–Trinajstić information content (AvgIpc) is 2.59. The minimum Gasteiger partial charge on any atom is -0.457 e. The number of anilines is 1. The smallest absolute Gasteiger partial charge is 0.229 e. The SMILES string of the molecule is CS(=O)(=O)Nc1ccc(Oc2ccc(CN3CCC(=O)CC3)cc2)cc1. The van der Waals surface area contributed by atoms with Crippen molar-refractivity contribution < 1.29 is 17.9 Å². The fourth-order valence-electron chi connectivity index (χ4n) is 2.82. The maximum Gasteiger partial charge on any atom is 0.229 e. The first-order chi connectivity index (χ1) is 12.4.